The third kappa shape index (κ3) is 8.68. The zero-order valence-corrected chi connectivity index (χ0v) is 19.0. The zero-order chi connectivity index (χ0) is 17.9. The first-order valence-corrected chi connectivity index (χ1v) is 9.63. The molecule has 1 heterocycles. The minimum Gasteiger partial charge on any atom is -0.356 e. The van der Waals surface area contributed by atoms with Crippen molar-refractivity contribution in [1.82, 2.24) is 20.0 Å². The minimum absolute atomic E-state index is 0. The van der Waals surface area contributed by atoms with E-state index in [1.807, 2.05) is 20.2 Å². The van der Waals surface area contributed by atoms with Crippen LogP contribution in [0.15, 0.2) is 35.3 Å². The number of hydrogen-bond donors (Lipinski definition) is 1. The summed E-state index contributed by atoms with van der Waals surface area (Å²) in [6.07, 6.45) is 2.44. The van der Waals surface area contributed by atoms with Crippen molar-refractivity contribution in [3.63, 3.8) is 0 Å². The summed E-state index contributed by atoms with van der Waals surface area (Å²) in [6, 6.07) is 10.4. The van der Waals surface area contributed by atoms with Gasteiger partial charge in [-0.2, -0.15) is 0 Å². The quantitative estimate of drug-likeness (QED) is 0.273. The lowest BCUT2D eigenvalue weighted by Crippen LogP contribution is -2.46. The van der Waals surface area contributed by atoms with Crippen LogP contribution in [0.4, 0.5) is 0 Å². The van der Waals surface area contributed by atoms with Gasteiger partial charge in [-0.15, -0.1) is 24.0 Å². The smallest absolute Gasteiger partial charge is 0.193 e. The van der Waals surface area contributed by atoms with Crippen LogP contribution in [0.2, 0.25) is 0 Å². The van der Waals surface area contributed by atoms with Gasteiger partial charge in [0, 0.05) is 46.8 Å². The second-order valence-corrected chi connectivity index (χ2v) is 6.93. The number of likely N-dealkylation sites (N-methyl/N-ethyl adjacent to an activating group) is 1. The lowest BCUT2D eigenvalue weighted by Gasteiger charge is -2.34. The summed E-state index contributed by atoms with van der Waals surface area (Å²) in [5.74, 6) is 0.973. The fourth-order valence-corrected chi connectivity index (χ4v) is 3.09. The van der Waals surface area contributed by atoms with Crippen LogP contribution in [0.3, 0.4) is 0 Å². The maximum atomic E-state index is 4.71. The molecule has 1 N–H and O–H groups in total. The predicted molar refractivity (Wildman–Crippen MR) is 122 cm³/mol. The zero-order valence-electron chi connectivity index (χ0n) is 16.7. The normalized spacial score (nSPS) is 16.2. The minimum atomic E-state index is 0. The molecule has 2 rings (SSSR count). The SMILES string of the molecule is CCN1CCN(CCCCNC(=NCc2ccccc2)N(C)C)CC1.I. The summed E-state index contributed by atoms with van der Waals surface area (Å²) >= 11 is 0. The molecule has 1 aliphatic rings. The second-order valence-electron chi connectivity index (χ2n) is 6.93. The van der Waals surface area contributed by atoms with Gasteiger partial charge in [0.2, 0.25) is 0 Å². The van der Waals surface area contributed by atoms with Gasteiger partial charge >= 0.3 is 0 Å². The fourth-order valence-electron chi connectivity index (χ4n) is 3.09. The molecule has 0 atom stereocenters. The highest BCUT2D eigenvalue weighted by Gasteiger charge is 2.14. The van der Waals surface area contributed by atoms with Crippen molar-refractivity contribution in [2.24, 2.45) is 4.99 Å². The number of benzene rings is 1. The number of guanidine groups is 1. The van der Waals surface area contributed by atoms with Crippen molar-refractivity contribution in [2.75, 3.05) is 59.9 Å². The highest BCUT2D eigenvalue weighted by Crippen LogP contribution is 2.03. The van der Waals surface area contributed by atoms with Crippen molar-refractivity contribution in [3.8, 4) is 0 Å². The first kappa shape index (κ1) is 23.2. The molecule has 0 amide bonds. The van der Waals surface area contributed by atoms with E-state index in [9.17, 15) is 0 Å². The van der Waals surface area contributed by atoms with E-state index in [0.29, 0.717) is 0 Å². The van der Waals surface area contributed by atoms with Crippen LogP contribution < -0.4 is 5.32 Å². The van der Waals surface area contributed by atoms with Crippen LogP contribution in [-0.4, -0.2) is 80.6 Å². The maximum Gasteiger partial charge on any atom is 0.193 e. The lowest BCUT2D eigenvalue weighted by molar-refractivity contribution is 0.136. The number of unbranched alkanes of at least 4 members (excludes halogenated alkanes) is 1. The summed E-state index contributed by atoms with van der Waals surface area (Å²) < 4.78 is 0. The molecule has 1 aromatic carbocycles. The number of rotatable bonds is 8. The highest BCUT2D eigenvalue weighted by molar-refractivity contribution is 14.0. The van der Waals surface area contributed by atoms with Crippen LogP contribution >= 0.6 is 24.0 Å². The lowest BCUT2D eigenvalue weighted by atomic mass is 10.2. The molecule has 0 aliphatic carbocycles. The van der Waals surface area contributed by atoms with Crippen molar-refractivity contribution < 1.29 is 0 Å². The average molecular weight is 473 g/mol. The summed E-state index contributed by atoms with van der Waals surface area (Å²) in [5, 5.41) is 3.49. The average Bonchev–Trinajstić information content (AvgIpc) is 2.65. The number of piperazine rings is 1. The largest absolute Gasteiger partial charge is 0.356 e. The van der Waals surface area contributed by atoms with Gasteiger partial charge in [-0.1, -0.05) is 37.3 Å². The Morgan fingerprint density at radius 3 is 2.31 bits per heavy atom. The molecular formula is C20H36IN5. The Hall–Kier alpha value is -0.860. The second kappa shape index (κ2) is 13.3. The molecule has 0 aromatic heterocycles. The number of aliphatic imine (C=N–C) groups is 1. The molecule has 26 heavy (non-hydrogen) atoms. The molecule has 1 aromatic rings. The van der Waals surface area contributed by atoms with Crippen LogP contribution in [0.1, 0.15) is 25.3 Å². The van der Waals surface area contributed by atoms with Crippen molar-refractivity contribution in [1.29, 1.82) is 0 Å². The molecule has 0 bridgehead atoms. The predicted octanol–water partition coefficient (Wildman–Crippen LogP) is 2.73. The van der Waals surface area contributed by atoms with E-state index in [0.717, 1.165) is 19.0 Å². The Morgan fingerprint density at radius 2 is 1.69 bits per heavy atom. The Kier molecular flexibility index (Phi) is 11.9. The molecule has 0 unspecified atom stereocenters. The summed E-state index contributed by atoms with van der Waals surface area (Å²) in [7, 11) is 4.09. The molecule has 0 spiro atoms. The number of nitrogens with one attached hydrogen (secondary N) is 1. The number of nitrogens with zero attached hydrogens (tertiary/aromatic N) is 4. The first-order chi connectivity index (χ1) is 12.2. The topological polar surface area (TPSA) is 34.1 Å². The van der Waals surface area contributed by atoms with Gasteiger partial charge in [-0.25, -0.2) is 4.99 Å². The van der Waals surface area contributed by atoms with Gasteiger partial charge in [0.1, 0.15) is 0 Å². The van der Waals surface area contributed by atoms with Gasteiger partial charge in [0.05, 0.1) is 6.54 Å². The van der Waals surface area contributed by atoms with Crippen molar-refractivity contribution >= 4 is 29.9 Å². The van der Waals surface area contributed by atoms with E-state index < -0.39 is 0 Å². The first-order valence-electron chi connectivity index (χ1n) is 9.63. The van der Waals surface area contributed by atoms with Crippen LogP contribution in [-0.2, 0) is 6.54 Å². The molecule has 6 heteroatoms. The Balaban J connectivity index is 0.00000338. The summed E-state index contributed by atoms with van der Waals surface area (Å²) in [4.78, 5) is 11.9. The summed E-state index contributed by atoms with van der Waals surface area (Å²) in [5.41, 5.74) is 1.25. The maximum absolute atomic E-state index is 4.71. The molecule has 148 valence electrons. The van der Waals surface area contributed by atoms with Crippen LogP contribution in [0.5, 0.6) is 0 Å². The van der Waals surface area contributed by atoms with E-state index in [1.54, 1.807) is 0 Å². The Morgan fingerprint density at radius 1 is 1.04 bits per heavy atom. The molecule has 5 nitrogen and oxygen atoms in total. The van der Waals surface area contributed by atoms with E-state index in [4.69, 9.17) is 4.99 Å². The third-order valence-corrected chi connectivity index (χ3v) is 4.77. The molecule has 1 fully saturated rings. The van der Waals surface area contributed by atoms with E-state index >= 15 is 0 Å². The van der Waals surface area contributed by atoms with Gasteiger partial charge in [-0.05, 0) is 31.5 Å². The molecule has 1 aliphatic heterocycles. The third-order valence-electron chi connectivity index (χ3n) is 4.77. The van der Waals surface area contributed by atoms with Gasteiger partial charge in [0.25, 0.3) is 0 Å². The number of halogens is 1. The fraction of sp³-hybridized carbons (Fsp3) is 0.650. The van der Waals surface area contributed by atoms with Gasteiger partial charge < -0.3 is 20.0 Å². The number of hydrogen-bond acceptors (Lipinski definition) is 3. The Bertz CT molecular complexity index is 498. The molecule has 0 saturated carbocycles. The van der Waals surface area contributed by atoms with Crippen molar-refractivity contribution in [3.05, 3.63) is 35.9 Å². The van der Waals surface area contributed by atoms with Crippen LogP contribution in [0, 0.1) is 0 Å². The van der Waals surface area contributed by atoms with Gasteiger partial charge in [-0.3, -0.25) is 0 Å². The molecule has 1 saturated heterocycles. The van der Waals surface area contributed by atoms with E-state index in [2.05, 4.69) is 51.2 Å². The Labute approximate surface area is 176 Å². The van der Waals surface area contributed by atoms with Crippen LogP contribution in [0.25, 0.3) is 0 Å². The van der Waals surface area contributed by atoms with E-state index in [1.165, 1.54) is 57.7 Å². The van der Waals surface area contributed by atoms with Crippen molar-refractivity contribution in [2.45, 2.75) is 26.3 Å². The molecule has 0 radical (unpaired) electrons. The highest BCUT2D eigenvalue weighted by atomic mass is 127. The summed E-state index contributed by atoms with van der Waals surface area (Å²) in [6.45, 7) is 11.3. The standard InChI is InChI=1S/C20H35N5.HI/c1-4-24-14-16-25(17-15-24)13-9-8-12-21-20(23(2)3)22-18-19-10-6-5-7-11-19;/h5-7,10-11H,4,8-9,12-18H2,1-3H3,(H,21,22);1H. The monoisotopic (exact) mass is 473 g/mol. The van der Waals surface area contributed by atoms with Gasteiger partial charge in [0.15, 0.2) is 5.96 Å². The van der Waals surface area contributed by atoms with E-state index in [-0.39, 0.29) is 24.0 Å². The molecular weight excluding hydrogens is 437 g/mol.